The molecule has 2 rings (SSSR count). The molecule has 3 nitrogen and oxygen atoms in total. The van der Waals surface area contributed by atoms with E-state index in [0.717, 1.165) is 24.9 Å². The number of carbonyl (C=O) groups excluding carboxylic acids is 1. The SMILES string of the molecule is CC(O)CCC(=O)N1CC2CCCC2C1. The number of hydrogen-bond acceptors (Lipinski definition) is 2. The number of likely N-dealkylation sites (tertiary alicyclic amines) is 1. The molecule has 3 atom stereocenters. The van der Waals surface area contributed by atoms with Crippen LogP contribution in [0.4, 0.5) is 0 Å². The van der Waals surface area contributed by atoms with Crippen molar-refractivity contribution in [2.45, 2.75) is 45.1 Å². The van der Waals surface area contributed by atoms with Crippen molar-refractivity contribution in [3.63, 3.8) is 0 Å². The Morgan fingerprint density at radius 2 is 2.00 bits per heavy atom. The summed E-state index contributed by atoms with van der Waals surface area (Å²) in [4.78, 5) is 13.8. The fraction of sp³-hybridized carbons (Fsp3) is 0.917. The van der Waals surface area contributed by atoms with Crippen molar-refractivity contribution in [1.29, 1.82) is 0 Å². The van der Waals surface area contributed by atoms with Gasteiger partial charge >= 0.3 is 0 Å². The molecule has 1 saturated carbocycles. The Kier molecular flexibility index (Phi) is 3.29. The second-order valence-corrected chi connectivity index (χ2v) is 5.14. The topological polar surface area (TPSA) is 40.5 Å². The smallest absolute Gasteiger partial charge is 0.222 e. The molecule has 3 heteroatoms. The third-order valence-corrected chi connectivity index (χ3v) is 3.85. The van der Waals surface area contributed by atoms with E-state index >= 15 is 0 Å². The monoisotopic (exact) mass is 211 g/mol. The molecule has 0 aromatic heterocycles. The molecule has 1 heterocycles. The van der Waals surface area contributed by atoms with Gasteiger partial charge in [0.05, 0.1) is 6.10 Å². The molecule has 3 unspecified atom stereocenters. The van der Waals surface area contributed by atoms with Crippen molar-refractivity contribution in [3.05, 3.63) is 0 Å². The number of carbonyl (C=O) groups is 1. The molecule has 15 heavy (non-hydrogen) atoms. The number of aliphatic hydroxyl groups excluding tert-OH is 1. The van der Waals surface area contributed by atoms with Gasteiger partial charge < -0.3 is 10.0 Å². The highest BCUT2D eigenvalue weighted by molar-refractivity contribution is 5.76. The van der Waals surface area contributed by atoms with Crippen molar-refractivity contribution >= 4 is 5.91 Å². The van der Waals surface area contributed by atoms with Gasteiger partial charge in [0.1, 0.15) is 0 Å². The van der Waals surface area contributed by atoms with Crippen LogP contribution in [0.2, 0.25) is 0 Å². The van der Waals surface area contributed by atoms with E-state index in [4.69, 9.17) is 5.11 Å². The molecule has 1 aliphatic heterocycles. The van der Waals surface area contributed by atoms with Crippen molar-refractivity contribution in [3.8, 4) is 0 Å². The Bertz CT molecular complexity index is 228. The maximum Gasteiger partial charge on any atom is 0.222 e. The summed E-state index contributed by atoms with van der Waals surface area (Å²) in [6, 6.07) is 0. The minimum Gasteiger partial charge on any atom is -0.393 e. The lowest BCUT2D eigenvalue weighted by Gasteiger charge is -2.17. The molecule has 1 aliphatic carbocycles. The maximum atomic E-state index is 11.8. The van der Waals surface area contributed by atoms with Gasteiger partial charge in [-0.25, -0.2) is 0 Å². The van der Waals surface area contributed by atoms with Crippen LogP contribution >= 0.6 is 0 Å². The summed E-state index contributed by atoms with van der Waals surface area (Å²) < 4.78 is 0. The molecule has 0 radical (unpaired) electrons. The van der Waals surface area contributed by atoms with Gasteiger partial charge in [0, 0.05) is 19.5 Å². The number of hydrogen-bond donors (Lipinski definition) is 1. The second-order valence-electron chi connectivity index (χ2n) is 5.14. The van der Waals surface area contributed by atoms with Gasteiger partial charge in [-0.1, -0.05) is 6.42 Å². The highest BCUT2D eigenvalue weighted by Gasteiger charge is 2.37. The van der Waals surface area contributed by atoms with E-state index in [1.165, 1.54) is 19.3 Å². The predicted octanol–water partition coefficient (Wildman–Crippen LogP) is 1.41. The summed E-state index contributed by atoms with van der Waals surface area (Å²) in [5.74, 6) is 1.80. The fourth-order valence-corrected chi connectivity index (χ4v) is 2.93. The first-order valence-corrected chi connectivity index (χ1v) is 6.12. The first kappa shape index (κ1) is 10.9. The summed E-state index contributed by atoms with van der Waals surface area (Å²) in [5, 5.41) is 9.13. The Hall–Kier alpha value is -0.570. The molecular formula is C12H21NO2. The van der Waals surface area contributed by atoms with Gasteiger partial charge in [0.25, 0.3) is 0 Å². The molecule has 0 aromatic carbocycles. The summed E-state index contributed by atoms with van der Waals surface area (Å²) in [6.07, 6.45) is 4.73. The lowest BCUT2D eigenvalue weighted by Crippen LogP contribution is -2.29. The van der Waals surface area contributed by atoms with Crippen LogP contribution in [0.1, 0.15) is 39.0 Å². The van der Waals surface area contributed by atoms with E-state index in [2.05, 4.69) is 0 Å². The zero-order chi connectivity index (χ0) is 10.8. The first-order valence-electron chi connectivity index (χ1n) is 6.12. The largest absolute Gasteiger partial charge is 0.393 e. The molecule has 86 valence electrons. The molecular weight excluding hydrogens is 190 g/mol. The normalized spacial score (nSPS) is 31.7. The van der Waals surface area contributed by atoms with E-state index < -0.39 is 0 Å². The summed E-state index contributed by atoms with van der Waals surface area (Å²) in [6.45, 7) is 3.69. The molecule has 1 amide bonds. The van der Waals surface area contributed by atoms with E-state index in [1.807, 2.05) is 4.90 Å². The van der Waals surface area contributed by atoms with Gasteiger partial charge in [-0.2, -0.15) is 0 Å². The van der Waals surface area contributed by atoms with Gasteiger partial charge in [-0.15, -0.1) is 0 Å². The first-order chi connectivity index (χ1) is 7.16. The summed E-state index contributed by atoms with van der Waals surface area (Å²) >= 11 is 0. The van der Waals surface area contributed by atoms with Crippen molar-refractivity contribution < 1.29 is 9.90 Å². The van der Waals surface area contributed by atoms with E-state index in [1.54, 1.807) is 6.92 Å². The van der Waals surface area contributed by atoms with Crippen molar-refractivity contribution in [2.24, 2.45) is 11.8 Å². The molecule has 0 spiro atoms. The van der Waals surface area contributed by atoms with Crippen LogP contribution in [0.15, 0.2) is 0 Å². The highest BCUT2D eigenvalue weighted by atomic mass is 16.3. The average Bonchev–Trinajstić information content (AvgIpc) is 2.72. The third-order valence-electron chi connectivity index (χ3n) is 3.85. The van der Waals surface area contributed by atoms with Crippen LogP contribution in [-0.4, -0.2) is 35.1 Å². The lowest BCUT2D eigenvalue weighted by molar-refractivity contribution is -0.131. The van der Waals surface area contributed by atoms with Crippen LogP contribution < -0.4 is 0 Å². The number of amides is 1. The van der Waals surface area contributed by atoms with Crippen LogP contribution in [0.3, 0.4) is 0 Å². The minimum atomic E-state index is -0.351. The number of rotatable bonds is 3. The van der Waals surface area contributed by atoms with Crippen LogP contribution in [0, 0.1) is 11.8 Å². The average molecular weight is 211 g/mol. The van der Waals surface area contributed by atoms with Gasteiger partial charge in [0.2, 0.25) is 5.91 Å². The Morgan fingerprint density at radius 1 is 1.40 bits per heavy atom. The Morgan fingerprint density at radius 3 is 2.53 bits per heavy atom. The van der Waals surface area contributed by atoms with Crippen molar-refractivity contribution in [2.75, 3.05) is 13.1 Å². The second kappa shape index (κ2) is 4.52. The number of nitrogens with zero attached hydrogens (tertiary/aromatic N) is 1. The van der Waals surface area contributed by atoms with Crippen LogP contribution in [0.5, 0.6) is 0 Å². The summed E-state index contributed by atoms with van der Waals surface area (Å²) in [7, 11) is 0. The Balaban J connectivity index is 1.78. The highest BCUT2D eigenvalue weighted by Crippen LogP contribution is 2.37. The van der Waals surface area contributed by atoms with Crippen molar-refractivity contribution in [1.82, 2.24) is 4.90 Å². The molecule has 2 aliphatic rings. The van der Waals surface area contributed by atoms with Crippen LogP contribution in [-0.2, 0) is 4.79 Å². The molecule has 2 fully saturated rings. The zero-order valence-corrected chi connectivity index (χ0v) is 9.48. The molecule has 0 aromatic rings. The maximum absolute atomic E-state index is 11.8. The van der Waals surface area contributed by atoms with Gasteiger partial charge in [0.15, 0.2) is 0 Å². The molecule has 1 N–H and O–H groups in total. The van der Waals surface area contributed by atoms with E-state index in [9.17, 15) is 4.79 Å². The number of fused-ring (bicyclic) bond motifs is 1. The minimum absolute atomic E-state index is 0.241. The zero-order valence-electron chi connectivity index (χ0n) is 9.48. The predicted molar refractivity (Wildman–Crippen MR) is 58.3 cm³/mol. The van der Waals surface area contributed by atoms with E-state index in [0.29, 0.717) is 12.8 Å². The molecule has 1 saturated heterocycles. The van der Waals surface area contributed by atoms with Crippen LogP contribution in [0.25, 0.3) is 0 Å². The standard InChI is InChI=1S/C12H21NO2/c1-9(14)5-6-12(15)13-7-10-3-2-4-11(10)8-13/h9-11,14H,2-8H2,1H3. The quantitative estimate of drug-likeness (QED) is 0.766. The summed E-state index contributed by atoms with van der Waals surface area (Å²) in [5.41, 5.74) is 0. The number of aliphatic hydroxyl groups is 1. The lowest BCUT2D eigenvalue weighted by atomic mass is 10.0. The van der Waals surface area contributed by atoms with Gasteiger partial charge in [-0.05, 0) is 38.0 Å². The fourth-order valence-electron chi connectivity index (χ4n) is 2.93. The third kappa shape index (κ3) is 2.51. The molecule has 0 bridgehead atoms. The Labute approximate surface area is 91.5 Å². The van der Waals surface area contributed by atoms with Gasteiger partial charge in [-0.3, -0.25) is 4.79 Å². The van der Waals surface area contributed by atoms with E-state index in [-0.39, 0.29) is 12.0 Å².